The first-order valence-corrected chi connectivity index (χ1v) is 5.93. The quantitative estimate of drug-likeness (QED) is 0.799. The van der Waals surface area contributed by atoms with Gasteiger partial charge in [0.2, 0.25) is 0 Å². The molecule has 5 heteroatoms. The second-order valence-electron chi connectivity index (χ2n) is 3.58. The molecule has 1 aromatic rings. The number of carboxylic acid groups (broad SMARTS) is 1. The van der Waals surface area contributed by atoms with E-state index in [1.807, 2.05) is 21.7 Å². The molecule has 1 fully saturated rings. The van der Waals surface area contributed by atoms with Gasteiger partial charge in [-0.05, 0) is 22.4 Å². The Morgan fingerprint density at radius 1 is 1.53 bits per heavy atom. The third kappa shape index (κ3) is 2.37. The van der Waals surface area contributed by atoms with Gasteiger partial charge in [-0.25, -0.2) is 0 Å². The summed E-state index contributed by atoms with van der Waals surface area (Å²) in [6.45, 7) is 3.33. The summed E-state index contributed by atoms with van der Waals surface area (Å²) in [6.07, 6.45) is 0. The van der Waals surface area contributed by atoms with Crippen LogP contribution in [0.15, 0.2) is 16.8 Å². The second kappa shape index (κ2) is 4.74. The fourth-order valence-corrected chi connectivity index (χ4v) is 2.56. The fourth-order valence-electron chi connectivity index (χ4n) is 1.88. The topological polar surface area (TPSA) is 52.6 Å². The molecular formula is C10H14N2O2S. The van der Waals surface area contributed by atoms with Crippen molar-refractivity contribution >= 4 is 17.3 Å². The maximum absolute atomic E-state index is 11.2. The minimum absolute atomic E-state index is 0.474. The minimum Gasteiger partial charge on any atom is -0.480 e. The van der Waals surface area contributed by atoms with E-state index >= 15 is 0 Å². The van der Waals surface area contributed by atoms with Crippen molar-refractivity contribution in [3.05, 3.63) is 22.4 Å². The molecule has 1 aliphatic rings. The first-order chi connectivity index (χ1) is 7.29. The molecule has 0 amide bonds. The average molecular weight is 226 g/mol. The Bertz CT molecular complexity index is 320. The number of hydrogen-bond donors (Lipinski definition) is 2. The standard InChI is InChI=1S/C10H14N2O2S/c13-10(14)9(8-1-6-15-7-8)12-4-2-11-3-5-12/h1,6-7,9,11H,2-5H2,(H,13,14). The van der Waals surface area contributed by atoms with Gasteiger partial charge in [0.05, 0.1) is 0 Å². The van der Waals surface area contributed by atoms with Crippen LogP contribution in [-0.4, -0.2) is 42.2 Å². The highest BCUT2D eigenvalue weighted by Gasteiger charge is 2.28. The third-order valence-corrected chi connectivity index (χ3v) is 3.31. The van der Waals surface area contributed by atoms with E-state index in [9.17, 15) is 9.90 Å². The van der Waals surface area contributed by atoms with Crippen LogP contribution < -0.4 is 5.32 Å². The van der Waals surface area contributed by atoms with Gasteiger partial charge in [0.15, 0.2) is 0 Å². The Hall–Kier alpha value is -0.910. The van der Waals surface area contributed by atoms with Gasteiger partial charge in [0.1, 0.15) is 6.04 Å². The molecule has 2 rings (SSSR count). The van der Waals surface area contributed by atoms with Crippen molar-refractivity contribution in [2.24, 2.45) is 0 Å². The van der Waals surface area contributed by atoms with Gasteiger partial charge >= 0.3 is 5.97 Å². The molecule has 0 spiro atoms. The Balaban J connectivity index is 2.15. The number of nitrogens with one attached hydrogen (secondary N) is 1. The number of nitrogens with zero attached hydrogens (tertiary/aromatic N) is 1. The summed E-state index contributed by atoms with van der Waals surface area (Å²) in [4.78, 5) is 13.3. The highest BCUT2D eigenvalue weighted by Crippen LogP contribution is 2.23. The summed E-state index contributed by atoms with van der Waals surface area (Å²) < 4.78 is 0. The first kappa shape index (κ1) is 10.6. The lowest BCUT2D eigenvalue weighted by molar-refractivity contribution is -0.143. The molecule has 2 heterocycles. The molecule has 1 unspecified atom stereocenters. The van der Waals surface area contributed by atoms with Crippen molar-refractivity contribution in [3.63, 3.8) is 0 Å². The molecular weight excluding hydrogens is 212 g/mol. The predicted molar refractivity (Wildman–Crippen MR) is 59.1 cm³/mol. The fraction of sp³-hybridized carbons (Fsp3) is 0.500. The zero-order valence-corrected chi connectivity index (χ0v) is 9.17. The van der Waals surface area contributed by atoms with Crippen molar-refractivity contribution in [3.8, 4) is 0 Å². The second-order valence-corrected chi connectivity index (χ2v) is 4.36. The molecule has 0 saturated carbocycles. The van der Waals surface area contributed by atoms with Crippen LogP contribution in [-0.2, 0) is 4.79 Å². The molecule has 1 atom stereocenters. The lowest BCUT2D eigenvalue weighted by Gasteiger charge is -2.32. The van der Waals surface area contributed by atoms with Crippen LogP contribution in [0, 0.1) is 0 Å². The van der Waals surface area contributed by atoms with Crippen molar-refractivity contribution in [1.29, 1.82) is 0 Å². The van der Waals surface area contributed by atoms with Crippen molar-refractivity contribution in [2.75, 3.05) is 26.2 Å². The summed E-state index contributed by atoms with van der Waals surface area (Å²) in [5, 5.41) is 16.3. The number of carbonyl (C=O) groups is 1. The van der Waals surface area contributed by atoms with E-state index in [1.54, 1.807) is 11.3 Å². The molecule has 0 radical (unpaired) electrons. The smallest absolute Gasteiger partial charge is 0.325 e. The molecule has 15 heavy (non-hydrogen) atoms. The summed E-state index contributed by atoms with van der Waals surface area (Å²) in [7, 11) is 0. The van der Waals surface area contributed by atoms with E-state index in [4.69, 9.17) is 0 Å². The van der Waals surface area contributed by atoms with Crippen LogP contribution in [0.3, 0.4) is 0 Å². The molecule has 0 bridgehead atoms. The number of hydrogen-bond acceptors (Lipinski definition) is 4. The third-order valence-electron chi connectivity index (χ3n) is 2.61. The van der Waals surface area contributed by atoms with Crippen molar-refractivity contribution in [2.45, 2.75) is 6.04 Å². The van der Waals surface area contributed by atoms with Crippen LogP contribution in [0.5, 0.6) is 0 Å². The number of piperazine rings is 1. The Morgan fingerprint density at radius 2 is 2.27 bits per heavy atom. The normalized spacial score (nSPS) is 20.0. The number of thiophene rings is 1. The molecule has 1 saturated heterocycles. The van der Waals surface area contributed by atoms with E-state index in [0.29, 0.717) is 0 Å². The van der Waals surface area contributed by atoms with Crippen LogP contribution in [0.4, 0.5) is 0 Å². The molecule has 4 nitrogen and oxygen atoms in total. The molecule has 1 aromatic heterocycles. The van der Waals surface area contributed by atoms with Gasteiger partial charge in [-0.1, -0.05) is 0 Å². The van der Waals surface area contributed by atoms with E-state index in [2.05, 4.69) is 5.32 Å². The lowest BCUT2D eigenvalue weighted by Crippen LogP contribution is -2.47. The van der Waals surface area contributed by atoms with Gasteiger partial charge in [0.25, 0.3) is 0 Å². The van der Waals surface area contributed by atoms with E-state index in [1.165, 1.54) is 0 Å². The summed E-state index contributed by atoms with van der Waals surface area (Å²) in [5.41, 5.74) is 0.898. The maximum atomic E-state index is 11.2. The zero-order chi connectivity index (χ0) is 10.7. The van der Waals surface area contributed by atoms with Crippen LogP contribution >= 0.6 is 11.3 Å². The SMILES string of the molecule is O=C(O)C(c1ccsc1)N1CCNCC1. The van der Waals surface area contributed by atoms with E-state index in [0.717, 1.165) is 31.7 Å². The molecule has 2 N–H and O–H groups in total. The highest BCUT2D eigenvalue weighted by atomic mass is 32.1. The Labute approximate surface area is 92.5 Å². The van der Waals surface area contributed by atoms with Crippen molar-refractivity contribution < 1.29 is 9.90 Å². The van der Waals surface area contributed by atoms with Gasteiger partial charge < -0.3 is 10.4 Å². The van der Waals surface area contributed by atoms with Gasteiger partial charge in [-0.2, -0.15) is 11.3 Å². The monoisotopic (exact) mass is 226 g/mol. The molecule has 0 aromatic carbocycles. The predicted octanol–water partition coefficient (Wildman–Crippen LogP) is 0.779. The van der Waals surface area contributed by atoms with E-state index < -0.39 is 12.0 Å². The summed E-state index contributed by atoms with van der Waals surface area (Å²) in [6, 6.07) is 1.42. The molecule has 0 aliphatic carbocycles. The van der Waals surface area contributed by atoms with Gasteiger partial charge in [-0.15, -0.1) is 0 Å². The zero-order valence-electron chi connectivity index (χ0n) is 8.35. The largest absolute Gasteiger partial charge is 0.480 e. The van der Waals surface area contributed by atoms with Crippen LogP contribution in [0.25, 0.3) is 0 Å². The number of aliphatic carboxylic acids is 1. The molecule has 1 aliphatic heterocycles. The number of carboxylic acids is 1. The summed E-state index contributed by atoms with van der Waals surface area (Å²) in [5.74, 6) is -0.754. The maximum Gasteiger partial charge on any atom is 0.325 e. The van der Waals surface area contributed by atoms with Crippen LogP contribution in [0.1, 0.15) is 11.6 Å². The highest BCUT2D eigenvalue weighted by molar-refractivity contribution is 7.08. The lowest BCUT2D eigenvalue weighted by atomic mass is 10.1. The Kier molecular flexibility index (Phi) is 3.35. The molecule has 82 valence electrons. The number of rotatable bonds is 3. The van der Waals surface area contributed by atoms with Gasteiger partial charge in [0, 0.05) is 26.2 Å². The Morgan fingerprint density at radius 3 is 2.80 bits per heavy atom. The van der Waals surface area contributed by atoms with Crippen molar-refractivity contribution in [1.82, 2.24) is 10.2 Å². The summed E-state index contributed by atoms with van der Waals surface area (Å²) >= 11 is 1.54. The average Bonchev–Trinajstić information content (AvgIpc) is 2.72. The minimum atomic E-state index is -0.754. The van der Waals surface area contributed by atoms with E-state index in [-0.39, 0.29) is 0 Å². The first-order valence-electron chi connectivity index (χ1n) is 4.98. The van der Waals surface area contributed by atoms with Gasteiger partial charge in [-0.3, -0.25) is 9.69 Å². The van der Waals surface area contributed by atoms with Crippen LogP contribution in [0.2, 0.25) is 0 Å².